The van der Waals surface area contributed by atoms with Gasteiger partial charge in [-0.15, -0.1) is 0 Å². The van der Waals surface area contributed by atoms with Gasteiger partial charge in [0, 0.05) is 24.7 Å². The summed E-state index contributed by atoms with van der Waals surface area (Å²) in [7, 11) is 1.66. The van der Waals surface area contributed by atoms with E-state index < -0.39 is 0 Å². The predicted molar refractivity (Wildman–Crippen MR) is 120 cm³/mol. The largest absolute Gasteiger partial charge is 0.490 e. The lowest BCUT2D eigenvalue weighted by Crippen LogP contribution is -2.06. The van der Waals surface area contributed by atoms with Gasteiger partial charge in [0.2, 0.25) is 0 Å². The van der Waals surface area contributed by atoms with Crippen LogP contribution in [0.15, 0.2) is 60.7 Å². The second-order valence-electron chi connectivity index (χ2n) is 7.79. The number of hydrogen-bond acceptors (Lipinski definition) is 4. The number of fused-ring (bicyclic) bond motifs is 2. The Bertz CT molecular complexity index is 1230. The van der Waals surface area contributed by atoms with E-state index in [1.165, 1.54) is 16.7 Å². The average molecular weight is 399 g/mol. The summed E-state index contributed by atoms with van der Waals surface area (Å²) in [6.45, 7) is 4.98. The highest BCUT2D eigenvalue weighted by Gasteiger charge is 2.19. The summed E-state index contributed by atoms with van der Waals surface area (Å²) >= 11 is 0. The molecule has 3 aromatic carbocycles. The molecule has 5 heteroatoms. The summed E-state index contributed by atoms with van der Waals surface area (Å²) in [4.78, 5) is 4.62. The topological polar surface area (TPSA) is 48.3 Å². The van der Waals surface area contributed by atoms with E-state index >= 15 is 0 Å². The normalized spacial score (nSPS) is 15.1. The number of anilines is 1. The Kier molecular flexibility index (Phi) is 4.58. The first-order valence-electron chi connectivity index (χ1n) is 10.3. The second kappa shape index (κ2) is 7.41. The highest BCUT2D eigenvalue weighted by molar-refractivity contribution is 5.79. The molecule has 1 aliphatic rings. The molecule has 0 spiro atoms. The fourth-order valence-corrected chi connectivity index (χ4v) is 4.19. The Morgan fingerprint density at radius 3 is 2.87 bits per heavy atom. The number of rotatable bonds is 5. The van der Waals surface area contributed by atoms with Crippen LogP contribution in [0.4, 0.5) is 5.69 Å². The van der Waals surface area contributed by atoms with Gasteiger partial charge in [-0.05, 0) is 54.8 Å². The average Bonchev–Trinajstić information content (AvgIpc) is 3.31. The molecular formula is C25H25N3O2. The molecule has 1 aromatic heterocycles. The minimum atomic E-state index is 0.258. The lowest BCUT2D eigenvalue weighted by Gasteiger charge is -2.16. The minimum Gasteiger partial charge on any atom is -0.490 e. The van der Waals surface area contributed by atoms with Gasteiger partial charge in [-0.3, -0.25) is 4.57 Å². The van der Waals surface area contributed by atoms with Crippen molar-refractivity contribution in [3.8, 4) is 17.4 Å². The van der Waals surface area contributed by atoms with Gasteiger partial charge < -0.3 is 14.8 Å². The van der Waals surface area contributed by atoms with E-state index in [1.54, 1.807) is 7.11 Å². The zero-order chi connectivity index (χ0) is 20.7. The maximum atomic E-state index is 5.89. The first kappa shape index (κ1) is 18.6. The molecule has 2 heterocycles. The predicted octanol–water partition coefficient (Wildman–Crippen LogP) is 5.28. The molecule has 152 valence electrons. The third kappa shape index (κ3) is 3.16. The highest BCUT2D eigenvalue weighted by Crippen LogP contribution is 2.32. The van der Waals surface area contributed by atoms with Gasteiger partial charge >= 0.3 is 6.01 Å². The molecule has 4 aromatic rings. The van der Waals surface area contributed by atoms with E-state index in [0.717, 1.165) is 41.1 Å². The molecule has 0 radical (unpaired) electrons. The molecule has 0 fully saturated rings. The number of imidazole rings is 1. The summed E-state index contributed by atoms with van der Waals surface area (Å²) < 4.78 is 13.6. The van der Waals surface area contributed by atoms with Crippen molar-refractivity contribution in [3.05, 3.63) is 77.4 Å². The Morgan fingerprint density at radius 2 is 2.00 bits per heavy atom. The molecule has 0 saturated heterocycles. The second-order valence-corrected chi connectivity index (χ2v) is 7.79. The van der Waals surface area contributed by atoms with E-state index in [1.807, 2.05) is 18.2 Å². The minimum absolute atomic E-state index is 0.258. The molecular weight excluding hydrogens is 374 g/mol. The summed E-state index contributed by atoms with van der Waals surface area (Å²) in [5.41, 5.74) is 7.80. The van der Waals surface area contributed by atoms with Crippen LogP contribution >= 0.6 is 0 Å². The van der Waals surface area contributed by atoms with Crippen molar-refractivity contribution < 1.29 is 9.47 Å². The lowest BCUT2D eigenvalue weighted by atomic mass is 10.1. The van der Waals surface area contributed by atoms with Gasteiger partial charge in [-0.25, -0.2) is 0 Å². The van der Waals surface area contributed by atoms with Crippen LogP contribution in [0.25, 0.3) is 16.7 Å². The third-order valence-electron chi connectivity index (χ3n) is 5.76. The summed E-state index contributed by atoms with van der Waals surface area (Å²) in [5.74, 6) is 0.993. The van der Waals surface area contributed by atoms with E-state index in [4.69, 9.17) is 9.47 Å². The van der Waals surface area contributed by atoms with Crippen LogP contribution in [0, 0.1) is 6.92 Å². The van der Waals surface area contributed by atoms with Gasteiger partial charge in [-0.2, -0.15) is 4.98 Å². The van der Waals surface area contributed by atoms with Crippen molar-refractivity contribution in [1.29, 1.82) is 0 Å². The molecule has 30 heavy (non-hydrogen) atoms. The molecule has 0 amide bonds. The van der Waals surface area contributed by atoms with Crippen molar-refractivity contribution in [2.24, 2.45) is 0 Å². The summed E-state index contributed by atoms with van der Waals surface area (Å²) in [6.07, 6.45) is 1.24. The number of methoxy groups -OCH3 is 1. The van der Waals surface area contributed by atoms with Gasteiger partial charge in [-0.1, -0.05) is 30.3 Å². The van der Waals surface area contributed by atoms with Crippen molar-refractivity contribution in [3.63, 3.8) is 0 Å². The van der Waals surface area contributed by atoms with Crippen LogP contribution in [-0.2, 0) is 13.0 Å². The van der Waals surface area contributed by atoms with Crippen LogP contribution < -0.4 is 14.8 Å². The zero-order valence-electron chi connectivity index (χ0n) is 17.5. The highest BCUT2D eigenvalue weighted by atomic mass is 16.5. The van der Waals surface area contributed by atoms with Crippen LogP contribution in [-0.4, -0.2) is 22.8 Å². The van der Waals surface area contributed by atoms with Gasteiger partial charge in [0.25, 0.3) is 0 Å². The van der Waals surface area contributed by atoms with E-state index in [0.29, 0.717) is 6.01 Å². The maximum absolute atomic E-state index is 5.89. The molecule has 0 aliphatic carbocycles. The standard InChI is InChI=1S/C25H25N3O2/c1-16-13-18-11-12-20(14-24(18)30-16)26-15-19-7-6-10-22(17(19)2)28-23-9-5-4-8-21(23)27-25(28)29-3/h4-12,14,16,26H,13,15H2,1-3H3. The van der Waals surface area contributed by atoms with Crippen LogP contribution in [0.1, 0.15) is 23.6 Å². The van der Waals surface area contributed by atoms with Crippen LogP contribution in [0.2, 0.25) is 0 Å². The fraction of sp³-hybridized carbons (Fsp3) is 0.240. The van der Waals surface area contributed by atoms with Gasteiger partial charge in [0.15, 0.2) is 0 Å². The van der Waals surface area contributed by atoms with Gasteiger partial charge in [0.1, 0.15) is 11.9 Å². The molecule has 1 aliphatic heterocycles. The number of aromatic nitrogens is 2. The number of nitrogens with zero attached hydrogens (tertiary/aromatic N) is 2. The molecule has 1 N–H and O–H groups in total. The third-order valence-corrected chi connectivity index (χ3v) is 5.76. The number of hydrogen-bond donors (Lipinski definition) is 1. The SMILES string of the molecule is COc1nc2ccccc2n1-c1cccc(CNc2ccc3c(c2)OC(C)C3)c1C. The molecule has 0 bridgehead atoms. The van der Waals surface area contributed by atoms with E-state index in [-0.39, 0.29) is 6.10 Å². The van der Waals surface area contributed by atoms with Crippen molar-refractivity contribution in [1.82, 2.24) is 9.55 Å². The Hall–Kier alpha value is -3.47. The molecule has 5 rings (SSSR count). The molecule has 1 unspecified atom stereocenters. The quantitative estimate of drug-likeness (QED) is 0.496. The first-order chi connectivity index (χ1) is 14.6. The van der Waals surface area contributed by atoms with Gasteiger partial charge in [0.05, 0.1) is 23.8 Å². The van der Waals surface area contributed by atoms with Crippen molar-refractivity contribution in [2.75, 3.05) is 12.4 Å². The summed E-state index contributed by atoms with van der Waals surface area (Å²) in [5, 5.41) is 3.55. The number of para-hydroxylation sites is 2. The zero-order valence-corrected chi connectivity index (χ0v) is 17.5. The van der Waals surface area contributed by atoms with Crippen molar-refractivity contribution in [2.45, 2.75) is 32.9 Å². The van der Waals surface area contributed by atoms with E-state index in [9.17, 15) is 0 Å². The fourth-order valence-electron chi connectivity index (χ4n) is 4.19. The summed E-state index contributed by atoms with van der Waals surface area (Å²) in [6, 6.07) is 21.4. The Balaban J connectivity index is 1.46. The first-order valence-corrected chi connectivity index (χ1v) is 10.3. The van der Waals surface area contributed by atoms with Crippen LogP contribution in [0.5, 0.6) is 11.8 Å². The van der Waals surface area contributed by atoms with Crippen LogP contribution in [0.3, 0.4) is 0 Å². The number of ether oxygens (including phenoxy) is 2. The van der Waals surface area contributed by atoms with E-state index in [2.05, 4.69) is 71.2 Å². The molecule has 1 atom stereocenters. The maximum Gasteiger partial charge on any atom is 0.301 e. The molecule has 5 nitrogen and oxygen atoms in total. The van der Waals surface area contributed by atoms with Crippen molar-refractivity contribution >= 4 is 16.7 Å². The Labute approximate surface area is 176 Å². The molecule has 0 saturated carbocycles. The monoisotopic (exact) mass is 399 g/mol. The number of benzene rings is 3. The Morgan fingerprint density at radius 1 is 1.13 bits per heavy atom. The lowest BCUT2D eigenvalue weighted by molar-refractivity contribution is 0.255. The number of nitrogens with one attached hydrogen (secondary N) is 1. The smallest absolute Gasteiger partial charge is 0.301 e.